The zero-order valence-electron chi connectivity index (χ0n) is 15.5. The monoisotopic (exact) mass is 427 g/mol. The molecule has 0 radical (unpaired) electrons. The lowest BCUT2D eigenvalue weighted by Gasteiger charge is -2.18. The number of hydrogen-bond donors (Lipinski definition) is 1. The summed E-state index contributed by atoms with van der Waals surface area (Å²) < 4.78 is 10.2. The van der Waals surface area contributed by atoms with Crippen LogP contribution in [0, 0.1) is 0 Å². The second-order valence-corrected chi connectivity index (χ2v) is 8.53. The van der Waals surface area contributed by atoms with Crippen LogP contribution in [0.15, 0.2) is 78.9 Å². The first kappa shape index (κ1) is 19.6. The van der Waals surface area contributed by atoms with Crippen LogP contribution in [0.5, 0.6) is 11.5 Å². The summed E-state index contributed by atoms with van der Waals surface area (Å²) in [7, 11) is 0. The molecule has 0 saturated heterocycles. The Morgan fingerprint density at radius 1 is 0.931 bits per heavy atom. The van der Waals surface area contributed by atoms with Gasteiger partial charge in [-0.15, -0.1) is 0 Å². The predicted molar refractivity (Wildman–Crippen MR) is 114 cm³/mol. The van der Waals surface area contributed by atoms with E-state index in [1.807, 2.05) is 54.6 Å². The highest BCUT2D eigenvalue weighted by atomic mass is 35.5. The maximum atomic E-state index is 12.9. The number of carbonyl (C=O) groups excluding carboxylic acids is 1. The molecule has 2 N–H and O–H groups in total. The highest BCUT2D eigenvalue weighted by Gasteiger charge is 2.73. The number of anilines is 1. The molecule has 1 saturated carbocycles. The SMILES string of the molecule is Nc1ccc(C2(C(=O)OCc3cccc(Oc4ccccc4)c3)CC2(Cl)Cl)cc1. The molecule has 0 bridgehead atoms. The van der Waals surface area contributed by atoms with Gasteiger partial charge in [-0.05, 0) is 47.5 Å². The van der Waals surface area contributed by atoms with Crippen LogP contribution in [0.3, 0.4) is 0 Å². The predicted octanol–water partition coefficient (Wildman–Crippen LogP) is 5.62. The minimum absolute atomic E-state index is 0.0887. The van der Waals surface area contributed by atoms with E-state index in [2.05, 4.69) is 0 Å². The summed E-state index contributed by atoms with van der Waals surface area (Å²) in [5, 5.41) is 0. The molecule has 4 nitrogen and oxygen atoms in total. The molecule has 3 aromatic carbocycles. The van der Waals surface area contributed by atoms with E-state index in [9.17, 15) is 4.79 Å². The summed E-state index contributed by atoms with van der Waals surface area (Å²) in [5.74, 6) is 0.936. The highest BCUT2D eigenvalue weighted by Crippen LogP contribution is 2.65. The third kappa shape index (κ3) is 3.91. The van der Waals surface area contributed by atoms with Gasteiger partial charge in [0.05, 0.1) is 0 Å². The Hall–Kier alpha value is -2.69. The number of ether oxygens (including phenoxy) is 2. The number of nitrogens with two attached hydrogens (primary N) is 1. The van der Waals surface area contributed by atoms with Crippen molar-refractivity contribution in [2.24, 2.45) is 0 Å². The Morgan fingerprint density at radius 3 is 2.24 bits per heavy atom. The van der Waals surface area contributed by atoms with E-state index in [0.29, 0.717) is 23.4 Å². The summed E-state index contributed by atoms with van der Waals surface area (Å²) in [5.41, 5.74) is 6.76. The van der Waals surface area contributed by atoms with Crippen molar-refractivity contribution in [1.29, 1.82) is 0 Å². The molecule has 1 fully saturated rings. The van der Waals surface area contributed by atoms with Crippen molar-refractivity contribution < 1.29 is 14.3 Å². The lowest BCUT2D eigenvalue weighted by molar-refractivity contribution is -0.148. The molecule has 0 heterocycles. The van der Waals surface area contributed by atoms with E-state index in [4.69, 9.17) is 38.4 Å². The number of halogens is 2. The Labute approximate surface area is 179 Å². The topological polar surface area (TPSA) is 61.6 Å². The van der Waals surface area contributed by atoms with Crippen LogP contribution in [-0.2, 0) is 21.6 Å². The van der Waals surface area contributed by atoms with Gasteiger partial charge in [0.1, 0.15) is 27.9 Å². The second kappa shape index (κ2) is 7.62. The molecular formula is C23H19Cl2NO3. The lowest BCUT2D eigenvalue weighted by atomic mass is 9.95. The van der Waals surface area contributed by atoms with Crippen molar-refractivity contribution in [3.8, 4) is 11.5 Å². The summed E-state index contributed by atoms with van der Waals surface area (Å²) in [6.45, 7) is 0.0887. The van der Waals surface area contributed by atoms with Gasteiger partial charge >= 0.3 is 5.97 Å². The number of para-hydroxylation sites is 1. The maximum Gasteiger partial charge on any atom is 0.320 e. The quantitative estimate of drug-likeness (QED) is 0.315. The van der Waals surface area contributed by atoms with Gasteiger partial charge < -0.3 is 15.2 Å². The first-order valence-electron chi connectivity index (χ1n) is 9.14. The van der Waals surface area contributed by atoms with Gasteiger partial charge in [0.2, 0.25) is 0 Å². The lowest BCUT2D eigenvalue weighted by Crippen LogP contribution is -2.28. The summed E-state index contributed by atoms with van der Waals surface area (Å²) in [6.07, 6.45) is 0.295. The molecule has 1 aliphatic carbocycles. The van der Waals surface area contributed by atoms with E-state index >= 15 is 0 Å². The summed E-state index contributed by atoms with van der Waals surface area (Å²) >= 11 is 12.7. The fraction of sp³-hybridized carbons (Fsp3) is 0.174. The van der Waals surface area contributed by atoms with Crippen LogP contribution in [0.1, 0.15) is 17.5 Å². The van der Waals surface area contributed by atoms with Crippen molar-refractivity contribution in [3.05, 3.63) is 90.0 Å². The number of benzene rings is 3. The van der Waals surface area contributed by atoms with Gasteiger partial charge in [-0.3, -0.25) is 4.79 Å². The average Bonchev–Trinajstić information content (AvgIpc) is 3.31. The van der Waals surface area contributed by atoms with Crippen molar-refractivity contribution in [2.45, 2.75) is 22.8 Å². The van der Waals surface area contributed by atoms with Crippen LogP contribution in [0.4, 0.5) is 5.69 Å². The van der Waals surface area contributed by atoms with Crippen LogP contribution >= 0.6 is 23.2 Å². The van der Waals surface area contributed by atoms with E-state index in [0.717, 1.165) is 11.3 Å². The van der Waals surface area contributed by atoms with E-state index in [1.165, 1.54) is 0 Å². The Balaban J connectivity index is 1.46. The molecule has 29 heavy (non-hydrogen) atoms. The number of carbonyl (C=O) groups is 1. The maximum absolute atomic E-state index is 12.9. The van der Waals surface area contributed by atoms with Crippen LogP contribution in [-0.4, -0.2) is 10.3 Å². The Bertz CT molecular complexity index is 1020. The minimum Gasteiger partial charge on any atom is -0.460 e. The second-order valence-electron chi connectivity index (χ2n) is 7.05. The fourth-order valence-corrected chi connectivity index (χ4v) is 4.08. The van der Waals surface area contributed by atoms with Crippen LogP contribution in [0.25, 0.3) is 0 Å². The van der Waals surface area contributed by atoms with Gasteiger partial charge in [-0.1, -0.05) is 65.7 Å². The molecule has 0 amide bonds. The molecule has 1 atom stereocenters. The zero-order chi connectivity index (χ0) is 20.5. The minimum atomic E-state index is -1.20. The normalized spacial score (nSPS) is 19.4. The van der Waals surface area contributed by atoms with E-state index in [1.54, 1.807) is 24.3 Å². The van der Waals surface area contributed by atoms with Gasteiger partial charge in [-0.25, -0.2) is 0 Å². The third-order valence-electron chi connectivity index (χ3n) is 4.99. The van der Waals surface area contributed by atoms with Gasteiger partial charge in [0, 0.05) is 12.1 Å². The molecule has 148 valence electrons. The third-order valence-corrected chi connectivity index (χ3v) is 5.90. The number of nitrogen functional groups attached to an aromatic ring is 1. The van der Waals surface area contributed by atoms with Crippen LogP contribution in [0.2, 0.25) is 0 Å². The average molecular weight is 428 g/mol. The van der Waals surface area contributed by atoms with Crippen LogP contribution < -0.4 is 10.5 Å². The highest BCUT2D eigenvalue weighted by molar-refractivity contribution is 6.54. The molecule has 0 aromatic heterocycles. The molecule has 4 rings (SSSR count). The fourth-order valence-electron chi connectivity index (χ4n) is 3.30. The van der Waals surface area contributed by atoms with E-state index in [-0.39, 0.29) is 6.61 Å². The van der Waals surface area contributed by atoms with Gasteiger partial charge in [-0.2, -0.15) is 0 Å². The van der Waals surface area contributed by atoms with Crippen molar-refractivity contribution in [3.63, 3.8) is 0 Å². The molecular weight excluding hydrogens is 409 g/mol. The van der Waals surface area contributed by atoms with Crippen molar-refractivity contribution in [2.75, 3.05) is 5.73 Å². The molecule has 6 heteroatoms. The summed E-state index contributed by atoms with van der Waals surface area (Å²) in [4.78, 5) is 12.9. The molecule has 0 aliphatic heterocycles. The summed E-state index contributed by atoms with van der Waals surface area (Å²) in [6, 6.07) is 23.8. The van der Waals surface area contributed by atoms with Gasteiger partial charge in [0.15, 0.2) is 0 Å². The Kier molecular flexibility index (Phi) is 5.15. The van der Waals surface area contributed by atoms with Crippen molar-refractivity contribution in [1.82, 2.24) is 0 Å². The first-order chi connectivity index (χ1) is 13.9. The number of alkyl halides is 2. The van der Waals surface area contributed by atoms with E-state index < -0.39 is 15.7 Å². The standard InChI is InChI=1S/C23H19Cl2NO3/c24-23(25)15-22(23,17-9-11-18(26)12-10-17)21(27)28-14-16-5-4-8-20(13-16)29-19-6-2-1-3-7-19/h1-13H,14-15,26H2. The molecule has 0 spiro atoms. The van der Waals surface area contributed by atoms with Gasteiger partial charge in [0.25, 0.3) is 0 Å². The number of hydrogen-bond acceptors (Lipinski definition) is 4. The molecule has 1 aliphatic rings. The zero-order valence-corrected chi connectivity index (χ0v) is 17.0. The largest absolute Gasteiger partial charge is 0.460 e. The first-order valence-corrected chi connectivity index (χ1v) is 9.89. The number of esters is 1. The molecule has 1 unspecified atom stereocenters. The number of rotatable bonds is 6. The smallest absolute Gasteiger partial charge is 0.320 e. The van der Waals surface area contributed by atoms with Crippen molar-refractivity contribution >= 4 is 34.9 Å². The Morgan fingerprint density at radius 2 is 1.59 bits per heavy atom. The molecule has 3 aromatic rings.